The van der Waals surface area contributed by atoms with E-state index in [4.69, 9.17) is 4.74 Å². The van der Waals surface area contributed by atoms with Gasteiger partial charge in [0.25, 0.3) is 0 Å². The van der Waals surface area contributed by atoms with E-state index in [9.17, 15) is 13.2 Å². The lowest BCUT2D eigenvalue weighted by atomic mass is 9.89. The van der Waals surface area contributed by atoms with E-state index < -0.39 is 11.7 Å². The van der Waals surface area contributed by atoms with Crippen LogP contribution in [0, 0.1) is 5.92 Å². The zero-order valence-corrected chi connectivity index (χ0v) is 10.9. The lowest BCUT2D eigenvalue weighted by Gasteiger charge is -2.25. The van der Waals surface area contributed by atoms with E-state index in [0.717, 1.165) is 32.0 Å². The third-order valence-electron chi connectivity index (χ3n) is 3.55. The van der Waals surface area contributed by atoms with Gasteiger partial charge in [-0.05, 0) is 50.4 Å². The van der Waals surface area contributed by atoms with Crippen molar-refractivity contribution < 1.29 is 17.9 Å². The van der Waals surface area contributed by atoms with Crippen LogP contribution in [0.25, 0.3) is 0 Å². The van der Waals surface area contributed by atoms with Crippen molar-refractivity contribution in [3.63, 3.8) is 0 Å². The average Bonchev–Trinajstić information content (AvgIpc) is 2.39. The molecule has 0 aromatic heterocycles. The maximum Gasteiger partial charge on any atom is 0.416 e. The molecule has 0 aliphatic carbocycles. The third-order valence-corrected chi connectivity index (χ3v) is 3.55. The van der Waals surface area contributed by atoms with Crippen molar-refractivity contribution in [1.82, 2.24) is 5.32 Å². The normalized spacial score (nSPS) is 20.3. The summed E-state index contributed by atoms with van der Waals surface area (Å²) >= 11 is 0. The molecular formula is C14H18F3NO. The van der Waals surface area contributed by atoms with Crippen LogP contribution in [0.3, 0.4) is 0 Å². The fourth-order valence-electron chi connectivity index (χ4n) is 2.62. The molecule has 0 spiro atoms. The summed E-state index contributed by atoms with van der Waals surface area (Å²) in [6, 6.07) is 4.12. The maximum atomic E-state index is 13.0. The van der Waals surface area contributed by atoms with Crippen LogP contribution in [0.4, 0.5) is 13.2 Å². The first kappa shape index (κ1) is 14.2. The molecule has 1 saturated heterocycles. The van der Waals surface area contributed by atoms with Crippen molar-refractivity contribution in [2.45, 2.75) is 25.4 Å². The molecule has 1 aromatic carbocycles. The molecule has 5 heteroatoms. The Kier molecular flexibility index (Phi) is 4.34. The molecule has 0 amide bonds. The van der Waals surface area contributed by atoms with Crippen LogP contribution in [0.1, 0.15) is 24.0 Å². The Bertz CT molecular complexity index is 425. The smallest absolute Gasteiger partial charge is 0.416 e. The predicted molar refractivity (Wildman–Crippen MR) is 67.3 cm³/mol. The van der Waals surface area contributed by atoms with E-state index >= 15 is 0 Å². The van der Waals surface area contributed by atoms with Gasteiger partial charge in [-0.1, -0.05) is 6.07 Å². The fourth-order valence-corrected chi connectivity index (χ4v) is 2.62. The molecule has 2 rings (SSSR count). The molecule has 1 aromatic rings. The van der Waals surface area contributed by atoms with Crippen molar-refractivity contribution in [2.24, 2.45) is 5.92 Å². The number of ether oxygens (including phenoxy) is 1. The molecule has 0 saturated carbocycles. The van der Waals surface area contributed by atoms with Gasteiger partial charge in [-0.3, -0.25) is 0 Å². The topological polar surface area (TPSA) is 21.3 Å². The molecular weight excluding hydrogens is 255 g/mol. The third kappa shape index (κ3) is 3.41. The molecule has 19 heavy (non-hydrogen) atoms. The number of methoxy groups -OCH3 is 1. The lowest BCUT2D eigenvalue weighted by Crippen LogP contribution is -2.31. The van der Waals surface area contributed by atoms with Crippen molar-refractivity contribution in [3.05, 3.63) is 29.3 Å². The predicted octanol–water partition coefficient (Wildman–Crippen LogP) is 3.26. The van der Waals surface area contributed by atoms with E-state index in [0.29, 0.717) is 12.2 Å². The number of nitrogens with one attached hydrogen (secondary N) is 1. The quantitative estimate of drug-likeness (QED) is 0.912. The van der Waals surface area contributed by atoms with E-state index in [2.05, 4.69) is 5.32 Å². The number of hydrogen-bond acceptors (Lipinski definition) is 2. The molecule has 106 valence electrons. The van der Waals surface area contributed by atoms with Gasteiger partial charge in [-0.25, -0.2) is 0 Å². The highest BCUT2D eigenvalue weighted by atomic mass is 19.4. The highest BCUT2D eigenvalue weighted by molar-refractivity contribution is 5.42. The number of rotatable bonds is 3. The van der Waals surface area contributed by atoms with Crippen LogP contribution < -0.4 is 10.1 Å². The van der Waals surface area contributed by atoms with Gasteiger partial charge in [0.05, 0.1) is 12.7 Å². The summed E-state index contributed by atoms with van der Waals surface area (Å²) in [7, 11) is 1.41. The van der Waals surface area contributed by atoms with Crippen molar-refractivity contribution in [1.29, 1.82) is 0 Å². The Labute approximate surface area is 111 Å². The van der Waals surface area contributed by atoms with E-state index in [1.54, 1.807) is 6.07 Å². The molecule has 1 atom stereocenters. The average molecular weight is 273 g/mol. The number of hydrogen-bond donors (Lipinski definition) is 1. The summed E-state index contributed by atoms with van der Waals surface area (Å²) in [4.78, 5) is 0. The minimum Gasteiger partial charge on any atom is -0.496 e. The van der Waals surface area contributed by atoms with E-state index in [1.165, 1.54) is 13.2 Å². The van der Waals surface area contributed by atoms with Gasteiger partial charge in [0.15, 0.2) is 0 Å². The zero-order chi connectivity index (χ0) is 13.9. The molecule has 1 N–H and O–H groups in total. The maximum absolute atomic E-state index is 13.0. The van der Waals surface area contributed by atoms with Crippen molar-refractivity contribution in [2.75, 3.05) is 20.2 Å². The van der Waals surface area contributed by atoms with Gasteiger partial charge in [0.2, 0.25) is 0 Å². The molecule has 1 heterocycles. The minimum absolute atomic E-state index is 0.242. The molecule has 0 radical (unpaired) electrons. The fraction of sp³-hybridized carbons (Fsp3) is 0.571. The summed E-state index contributed by atoms with van der Waals surface area (Å²) in [5, 5.41) is 3.23. The summed E-state index contributed by atoms with van der Waals surface area (Å²) in [6.45, 7) is 1.73. The second-order valence-electron chi connectivity index (χ2n) is 4.90. The number of halogens is 3. The highest BCUT2D eigenvalue weighted by Gasteiger charge is 2.35. The Morgan fingerprint density at radius 2 is 2.16 bits per heavy atom. The van der Waals surface area contributed by atoms with Crippen molar-refractivity contribution >= 4 is 0 Å². The number of alkyl halides is 3. The van der Waals surface area contributed by atoms with Crippen LogP contribution in [0.15, 0.2) is 18.2 Å². The molecule has 1 aliphatic rings. The molecule has 1 unspecified atom stereocenters. The second-order valence-corrected chi connectivity index (χ2v) is 4.90. The second kappa shape index (κ2) is 5.82. The summed E-state index contributed by atoms with van der Waals surface area (Å²) < 4.78 is 44.2. The van der Waals surface area contributed by atoms with Gasteiger partial charge in [-0.2, -0.15) is 13.2 Å². The number of benzene rings is 1. The number of piperidine rings is 1. The lowest BCUT2D eigenvalue weighted by molar-refractivity contribution is -0.138. The van der Waals surface area contributed by atoms with E-state index in [1.807, 2.05) is 0 Å². The highest BCUT2D eigenvalue weighted by Crippen LogP contribution is 2.37. The summed E-state index contributed by atoms with van der Waals surface area (Å²) in [5.74, 6) is 0.576. The largest absolute Gasteiger partial charge is 0.496 e. The van der Waals surface area contributed by atoms with Crippen LogP contribution >= 0.6 is 0 Å². The summed E-state index contributed by atoms with van der Waals surface area (Å²) in [5.41, 5.74) is -0.288. The van der Waals surface area contributed by atoms with E-state index in [-0.39, 0.29) is 11.5 Å². The van der Waals surface area contributed by atoms with Gasteiger partial charge in [-0.15, -0.1) is 0 Å². The van der Waals surface area contributed by atoms with Gasteiger partial charge in [0, 0.05) is 5.56 Å². The Morgan fingerprint density at radius 1 is 1.37 bits per heavy atom. The zero-order valence-electron chi connectivity index (χ0n) is 10.9. The first-order chi connectivity index (χ1) is 9.02. The van der Waals surface area contributed by atoms with Crippen LogP contribution in [-0.4, -0.2) is 20.2 Å². The van der Waals surface area contributed by atoms with Crippen LogP contribution in [0.5, 0.6) is 5.75 Å². The standard InChI is InChI=1S/C14H18F3NO/c1-19-13-6-2-5-12(14(15,16)17)11(13)8-10-4-3-7-18-9-10/h2,5-6,10,18H,3-4,7-9H2,1H3. The van der Waals surface area contributed by atoms with Crippen molar-refractivity contribution in [3.8, 4) is 5.75 Å². The molecule has 2 nitrogen and oxygen atoms in total. The monoisotopic (exact) mass is 273 g/mol. The van der Waals surface area contributed by atoms with Crippen LogP contribution in [-0.2, 0) is 12.6 Å². The summed E-state index contributed by atoms with van der Waals surface area (Å²) in [6.07, 6.45) is -1.94. The molecule has 0 bridgehead atoms. The van der Waals surface area contributed by atoms with Gasteiger partial charge in [0.1, 0.15) is 5.75 Å². The van der Waals surface area contributed by atoms with Crippen LogP contribution in [0.2, 0.25) is 0 Å². The first-order valence-corrected chi connectivity index (χ1v) is 6.46. The Balaban J connectivity index is 2.29. The molecule has 1 aliphatic heterocycles. The van der Waals surface area contributed by atoms with Gasteiger partial charge >= 0.3 is 6.18 Å². The Hall–Kier alpha value is -1.23. The SMILES string of the molecule is COc1cccc(C(F)(F)F)c1CC1CCCNC1. The molecule has 1 fully saturated rings. The first-order valence-electron chi connectivity index (χ1n) is 6.46. The minimum atomic E-state index is -4.33. The Morgan fingerprint density at radius 3 is 2.74 bits per heavy atom. The van der Waals surface area contributed by atoms with Gasteiger partial charge < -0.3 is 10.1 Å².